The molecule has 0 unspecified atom stereocenters. The summed E-state index contributed by atoms with van der Waals surface area (Å²) in [5.41, 5.74) is 3.26. The van der Waals surface area contributed by atoms with E-state index in [4.69, 9.17) is 9.47 Å². The molecular formula is C21H25F3N2O2. The quantitative estimate of drug-likeness (QED) is 0.300. The van der Waals surface area contributed by atoms with Gasteiger partial charge in [0.25, 0.3) is 0 Å². The molecule has 0 fully saturated rings. The molecule has 7 heteroatoms. The molecule has 0 bridgehead atoms. The topological polar surface area (TPSA) is 42.8 Å². The number of hydrogen-bond donors (Lipinski definition) is 1. The highest BCUT2D eigenvalue weighted by Gasteiger charge is 2.29. The Balaban J connectivity index is 1.99. The number of alkyl halides is 3. The van der Waals surface area contributed by atoms with Crippen LogP contribution in [0, 0.1) is 0 Å². The van der Waals surface area contributed by atoms with E-state index in [0.717, 1.165) is 37.0 Å². The van der Waals surface area contributed by atoms with Crippen molar-refractivity contribution in [2.24, 2.45) is 5.10 Å². The maximum Gasteiger partial charge on any atom is 0.416 e. The van der Waals surface area contributed by atoms with Crippen LogP contribution in [0.1, 0.15) is 44.2 Å². The highest BCUT2D eigenvalue weighted by molar-refractivity contribution is 5.81. The van der Waals surface area contributed by atoms with Crippen molar-refractivity contribution in [2.75, 3.05) is 18.6 Å². The Morgan fingerprint density at radius 1 is 0.964 bits per heavy atom. The minimum atomic E-state index is -4.35. The van der Waals surface area contributed by atoms with Crippen molar-refractivity contribution < 1.29 is 22.6 Å². The third-order valence-electron chi connectivity index (χ3n) is 3.89. The van der Waals surface area contributed by atoms with Crippen LogP contribution in [0.25, 0.3) is 0 Å². The molecule has 0 saturated carbocycles. The van der Waals surface area contributed by atoms with Gasteiger partial charge in [-0.1, -0.05) is 19.8 Å². The number of benzene rings is 2. The molecule has 0 radical (unpaired) electrons. The molecule has 0 spiro atoms. The average molecular weight is 394 g/mol. The van der Waals surface area contributed by atoms with E-state index in [2.05, 4.69) is 17.5 Å². The first-order chi connectivity index (χ1) is 13.4. The summed E-state index contributed by atoms with van der Waals surface area (Å²) in [6.45, 7) is 5.18. The third kappa shape index (κ3) is 6.79. The molecule has 152 valence electrons. The largest absolute Gasteiger partial charge is 0.490 e. The number of hydrazone groups is 1. The van der Waals surface area contributed by atoms with E-state index in [1.54, 1.807) is 6.21 Å². The highest BCUT2D eigenvalue weighted by Crippen LogP contribution is 2.30. The van der Waals surface area contributed by atoms with Crippen LogP contribution in [0.2, 0.25) is 0 Å². The predicted octanol–water partition coefficient (Wildman–Crippen LogP) is 6.12. The van der Waals surface area contributed by atoms with E-state index in [1.807, 2.05) is 25.1 Å². The maximum atomic E-state index is 12.6. The summed E-state index contributed by atoms with van der Waals surface area (Å²) in [6, 6.07) is 10.2. The van der Waals surface area contributed by atoms with E-state index in [0.29, 0.717) is 30.4 Å². The number of rotatable bonds is 10. The van der Waals surface area contributed by atoms with Gasteiger partial charge in [0.15, 0.2) is 11.5 Å². The number of hydrogen-bond acceptors (Lipinski definition) is 4. The van der Waals surface area contributed by atoms with Crippen LogP contribution in [0.5, 0.6) is 11.5 Å². The molecule has 2 aromatic carbocycles. The molecule has 0 amide bonds. The molecule has 1 N–H and O–H groups in total. The van der Waals surface area contributed by atoms with E-state index >= 15 is 0 Å². The predicted molar refractivity (Wildman–Crippen MR) is 105 cm³/mol. The van der Waals surface area contributed by atoms with Gasteiger partial charge in [-0.05, 0) is 61.4 Å². The third-order valence-corrected chi connectivity index (χ3v) is 3.89. The van der Waals surface area contributed by atoms with E-state index < -0.39 is 11.7 Å². The van der Waals surface area contributed by atoms with Gasteiger partial charge in [0.2, 0.25) is 0 Å². The van der Waals surface area contributed by atoms with Gasteiger partial charge in [-0.25, -0.2) is 0 Å². The minimum Gasteiger partial charge on any atom is -0.490 e. The summed E-state index contributed by atoms with van der Waals surface area (Å²) in [7, 11) is 0. The average Bonchev–Trinajstić information content (AvgIpc) is 2.66. The van der Waals surface area contributed by atoms with Gasteiger partial charge in [-0.3, -0.25) is 5.43 Å². The second-order valence-corrected chi connectivity index (χ2v) is 6.14. The number of nitrogens with zero attached hydrogens (tertiary/aromatic N) is 1. The molecule has 4 nitrogen and oxygen atoms in total. The SMILES string of the molecule is CCCCCOc1ccc(C=NNc2ccc(C(F)(F)F)cc2)cc1OCC. The van der Waals surface area contributed by atoms with Crippen LogP contribution in [-0.2, 0) is 6.18 Å². The number of anilines is 1. The van der Waals surface area contributed by atoms with Crippen LogP contribution in [0.4, 0.5) is 18.9 Å². The molecule has 28 heavy (non-hydrogen) atoms. The minimum absolute atomic E-state index is 0.463. The lowest BCUT2D eigenvalue weighted by molar-refractivity contribution is -0.137. The molecule has 0 saturated heterocycles. The summed E-state index contributed by atoms with van der Waals surface area (Å²) in [5.74, 6) is 1.32. The first kappa shape index (κ1) is 21.6. The van der Waals surface area contributed by atoms with Gasteiger partial charge < -0.3 is 9.47 Å². The van der Waals surface area contributed by atoms with Gasteiger partial charge in [0, 0.05) is 0 Å². The molecule has 0 atom stereocenters. The van der Waals surface area contributed by atoms with Crippen molar-refractivity contribution in [1.82, 2.24) is 0 Å². The fraction of sp³-hybridized carbons (Fsp3) is 0.381. The standard InChI is InChI=1S/C21H25F3N2O2/c1-3-5-6-13-28-19-12-7-16(14-20(19)27-4-2)15-25-26-18-10-8-17(9-11-18)21(22,23)24/h7-12,14-15,26H,3-6,13H2,1-2H3. The molecule has 0 aliphatic carbocycles. The molecule has 2 rings (SSSR count). The van der Waals surface area contributed by atoms with Gasteiger partial charge in [0.05, 0.1) is 30.7 Å². The van der Waals surface area contributed by atoms with E-state index in [9.17, 15) is 13.2 Å². The molecule has 0 aromatic heterocycles. The van der Waals surface area contributed by atoms with E-state index in [-0.39, 0.29) is 0 Å². The molecule has 0 aliphatic heterocycles. The lowest BCUT2D eigenvalue weighted by atomic mass is 10.2. The zero-order valence-corrected chi connectivity index (χ0v) is 16.1. The van der Waals surface area contributed by atoms with Crippen molar-refractivity contribution >= 4 is 11.9 Å². The molecule has 0 aliphatic rings. The van der Waals surface area contributed by atoms with Crippen LogP contribution < -0.4 is 14.9 Å². The fourth-order valence-corrected chi connectivity index (χ4v) is 2.44. The van der Waals surface area contributed by atoms with Crippen molar-refractivity contribution in [1.29, 1.82) is 0 Å². The fourth-order valence-electron chi connectivity index (χ4n) is 2.44. The monoisotopic (exact) mass is 394 g/mol. The van der Waals surface area contributed by atoms with Crippen LogP contribution in [0.15, 0.2) is 47.6 Å². The number of ether oxygens (including phenoxy) is 2. The summed E-state index contributed by atoms with van der Waals surface area (Å²) in [4.78, 5) is 0. The first-order valence-corrected chi connectivity index (χ1v) is 9.30. The second kappa shape index (κ2) is 10.6. The Kier molecular flexibility index (Phi) is 8.17. The number of unbranched alkanes of at least 4 members (excludes halogenated alkanes) is 2. The zero-order valence-electron chi connectivity index (χ0n) is 16.1. The van der Waals surface area contributed by atoms with Crippen molar-refractivity contribution in [2.45, 2.75) is 39.3 Å². The Bertz CT molecular complexity index is 759. The van der Waals surface area contributed by atoms with Gasteiger partial charge in [-0.15, -0.1) is 0 Å². The first-order valence-electron chi connectivity index (χ1n) is 9.30. The van der Waals surface area contributed by atoms with Crippen LogP contribution in [-0.4, -0.2) is 19.4 Å². The van der Waals surface area contributed by atoms with Crippen LogP contribution in [0.3, 0.4) is 0 Å². The molecule has 0 heterocycles. The summed E-state index contributed by atoms with van der Waals surface area (Å²) in [5, 5.41) is 4.07. The normalized spacial score (nSPS) is 11.6. The second-order valence-electron chi connectivity index (χ2n) is 6.14. The smallest absolute Gasteiger partial charge is 0.416 e. The van der Waals surface area contributed by atoms with Crippen molar-refractivity contribution in [3.05, 3.63) is 53.6 Å². The highest BCUT2D eigenvalue weighted by atomic mass is 19.4. The van der Waals surface area contributed by atoms with Gasteiger partial charge in [0.1, 0.15) is 0 Å². The summed E-state index contributed by atoms with van der Waals surface area (Å²) >= 11 is 0. The van der Waals surface area contributed by atoms with E-state index in [1.165, 1.54) is 12.1 Å². The molecular weight excluding hydrogens is 369 g/mol. The Labute approximate surface area is 163 Å². The lowest BCUT2D eigenvalue weighted by Crippen LogP contribution is -2.04. The molecule has 2 aromatic rings. The number of nitrogens with one attached hydrogen (secondary N) is 1. The van der Waals surface area contributed by atoms with Crippen LogP contribution >= 0.6 is 0 Å². The Morgan fingerprint density at radius 2 is 1.71 bits per heavy atom. The summed E-state index contributed by atoms with van der Waals surface area (Å²) in [6.07, 6.45) is 0.453. The Morgan fingerprint density at radius 3 is 2.36 bits per heavy atom. The van der Waals surface area contributed by atoms with Crippen molar-refractivity contribution in [3.63, 3.8) is 0 Å². The van der Waals surface area contributed by atoms with Crippen molar-refractivity contribution in [3.8, 4) is 11.5 Å². The van der Waals surface area contributed by atoms with Gasteiger partial charge in [-0.2, -0.15) is 18.3 Å². The zero-order chi connectivity index (χ0) is 20.4. The number of halogens is 3. The maximum absolute atomic E-state index is 12.6. The van der Waals surface area contributed by atoms with Gasteiger partial charge >= 0.3 is 6.18 Å². The lowest BCUT2D eigenvalue weighted by Gasteiger charge is -2.12. The summed E-state index contributed by atoms with van der Waals surface area (Å²) < 4.78 is 49.1. The Hall–Kier alpha value is -2.70.